The van der Waals surface area contributed by atoms with Crippen LogP contribution in [0.15, 0.2) is 11.4 Å². The first-order valence-corrected chi connectivity index (χ1v) is 8.23. The summed E-state index contributed by atoms with van der Waals surface area (Å²) in [5, 5.41) is 6.50. The van der Waals surface area contributed by atoms with E-state index < -0.39 is 0 Å². The summed E-state index contributed by atoms with van der Waals surface area (Å²) in [5.41, 5.74) is 0. The van der Waals surface area contributed by atoms with Gasteiger partial charge in [-0.1, -0.05) is 0 Å². The molecule has 3 rings (SSSR count). The van der Waals surface area contributed by atoms with Gasteiger partial charge in [0.25, 0.3) is 0 Å². The van der Waals surface area contributed by atoms with E-state index in [0.717, 1.165) is 36.2 Å². The number of fused-ring (bicyclic) bond motifs is 1. The predicted octanol–water partition coefficient (Wildman–Crippen LogP) is 2.68. The van der Waals surface area contributed by atoms with Crippen molar-refractivity contribution in [3.8, 4) is 0 Å². The van der Waals surface area contributed by atoms with Gasteiger partial charge < -0.3 is 10.2 Å². The number of aromatic nitrogens is 2. The fourth-order valence-corrected chi connectivity index (χ4v) is 3.75. The number of thioether (sulfide) groups is 1. The van der Waals surface area contributed by atoms with E-state index in [1.54, 1.807) is 11.3 Å². The van der Waals surface area contributed by atoms with Crippen molar-refractivity contribution in [1.29, 1.82) is 0 Å². The van der Waals surface area contributed by atoms with Crippen molar-refractivity contribution in [1.82, 2.24) is 9.97 Å². The fourth-order valence-electron chi connectivity index (χ4n) is 2.09. The van der Waals surface area contributed by atoms with Crippen molar-refractivity contribution in [3.05, 3.63) is 11.4 Å². The Labute approximate surface area is 115 Å². The number of rotatable bonds is 3. The molecule has 0 saturated carbocycles. The normalized spacial score (nSPS) is 16.2. The first kappa shape index (κ1) is 12.0. The lowest BCUT2D eigenvalue weighted by Crippen LogP contribution is -2.33. The summed E-state index contributed by atoms with van der Waals surface area (Å²) in [6.07, 6.45) is 0. The van der Waals surface area contributed by atoms with Gasteiger partial charge in [-0.2, -0.15) is 16.7 Å². The van der Waals surface area contributed by atoms with Gasteiger partial charge in [0.1, 0.15) is 10.6 Å². The van der Waals surface area contributed by atoms with E-state index in [1.165, 1.54) is 16.9 Å². The highest BCUT2D eigenvalue weighted by atomic mass is 32.2. The van der Waals surface area contributed by atoms with Gasteiger partial charge in [0.15, 0.2) is 0 Å². The molecular formula is C12H16N4S2. The number of anilines is 2. The molecule has 0 spiro atoms. The molecule has 2 aromatic rings. The molecule has 0 amide bonds. The molecule has 1 N–H and O–H groups in total. The Bertz CT molecular complexity index is 534. The minimum Gasteiger partial charge on any atom is -0.354 e. The number of nitrogens with zero attached hydrogens (tertiary/aromatic N) is 3. The molecule has 3 heterocycles. The third-order valence-corrected chi connectivity index (χ3v) is 4.70. The van der Waals surface area contributed by atoms with Crippen LogP contribution in [0, 0.1) is 0 Å². The molecule has 0 bridgehead atoms. The van der Waals surface area contributed by atoms with Gasteiger partial charge in [-0.25, -0.2) is 4.98 Å². The highest BCUT2D eigenvalue weighted by Gasteiger charge is 2.17. The van der Waals surface area contributed by atoms with E-state index in [9.17, 15) is 0 Å². The predicted molar refractivity (Wildman–Crippen MR) is 81.1 cm³/mol. The minimum absolute atomic E-state index is 0.751. The van der Waals surface area contributed by atoms with Crippen molar-refractivity contribution in [2.24, 2.45) is 0 Å². The number of hydrogen-bond acceptors (Lipinski definition) is 6. The Morgan fingerprint density at radius 3 is 2.94 bits per heavy atom. The molecule has 2 aromatic heterocycles. The van der Waals surface area contributed by atoms with Gasteiger partial charge in [0, 0.05) is 31.1 Å². The molecule has 0 unspecified atom stereocenters. The summed E-state index contributed by atoms with van der Waals surface area (Å²) < 4.78 is 0. The van der Waals surface area contributed by atoms with Crippen molar-refractivity contribution in [2.45, 2.75) is 6.92 Å². The maximum absolute atomic E-state index is 4.69. The fraction of sp³-hybridized carbons (Fsp3) is 0.500. The second-order valence-corrected chi connectivity index (χ2v) is 6.26. The van der Waals surface area contributed by atoms with Crippen LogP contribution in [0.4, 0.5) is 11.8 Å². The molecule has 1 saturated heterocycles. The molecule has 0 aliphatic carbocycles. The first-order chi connectivity index (χ1) is 8.88. The lowest BCUT2D eigenvalue weighted by Gasteiger charge is -2.28. The number of nitrogens with one attached hydrogen (secondary N) is 1. The molecule has 1 aliphatic heterocycles. The van der Waals surface area contributed by atoms with Crippen molar-refractivity contribution < 1.29 is 0 Å². The average Bonchev–Trinajstić information content (AvgIpc) is 2.87. The molecule has 6 heteroatoms. The smallest absolute Gasteiger partial charge is 0.226 e. The van der Waals surface area contributed by atoms with Crippen LogP contribution in [0.1, 0.15) is 6.92 Å². The summed E-state index contributed by atoms with van der Waals surface area (Å²) in [6.45, 7) is 5.09. The lowest BCUT2D eigenvalue weighted by atomic mass is 10.3. The quantitative estimate of drug-likeness (QED) is 0.936. The van der Waals surface area contributed by atoms with Crippen LogP contribution < -0.4 is 10.2 Å². The second kappa shape index (κ2) is 5.32. The highest BCUT2D eigenvalue weighted by Crippen LogP contribution is 2.30. The van der Waals surface area contributed by atoms with E-state index in [2.05, 4.69) is 38.6 Å². The van der Waals surface area contributed by atoms with E-state index in [1.807, 2.05) is 11.8 Å². The van der Waals surface area contributed by atoms with Crippen LogP contribution in [-0.4, -0.2) is 41.1 Å². The monoisotopic (exact) mass is 280 g/mol. The van der Waals surface area contributed by atoms with Gasteiger partial charge in [-0.15, -0.1) is 11.3 Å². The van der Waals surface area contributed by atoms with E-state index in [-0.39, 0.29) is 0 Å². The van der Waals surface area contributed by atoms with Gasteiger partial charge in [0.2, 0.25) is 5.95 Å². The van der Waals surface area contributed by atoms with Gasteiger partial charge in [-0.3, -0.25) is 0 Å². The van der Waals surface area contributed by atoms with Crippen LogP contribution in [-0.2, 0) is 0 Å². The number of thiophene rings is 1. The maximum Gasteiger partial charge on any atom is 0.226 e. The Balaban J connectivity index is 2.03. The zero-order valence-corrected chi connectivity index (χ0v) is 12.0. The third-order valence-electron chi connectivity index (χ3n) is 2.95. The molecule has 1 fully saturated rings. The van der Waals surface area contributed by atoms with Crippen LogP contribution in [0.2, 0.25) is 0 Å². The lowest BCUT2D eigenvalue weighted by molar-refractivity contribution is 0.842. The summed E-state index contributed by atoms with van der Waals surface area (Å²) >= 11 is 3.70. The Morgan fingerprint density at radius 2 is 2.17 bits per heavy atom. The van der Waals surface area contributed by atoms with Gasteiger partial charge in [0.05, 0.1) is 5.39 Å². The average molecular weight is 280 g/mol. The van der Waals surface area contributed by atoms with Crippen molar-refractivity contribution in [3.63, 3.8) is 0 Å². The molecular weight excluding hydrogens is 264 g/mol. The molecule has 0 atom stereocenters. The van der Waals surface area contributed by atoms with Gasteiger partial charge in [-0.05, 0) is 18.4 Å². The standard InChI is InChI=1S/C12H16N4S2/c1-2-13-12-14-10(16-4-7-17-8-5-16)9-3-6-18-11(9)15-12/h3,6H,2,4-5,7-8H2,1H3,(H,13,14,15). The van der Waals surface area contributed by atoms with Crippen LogP contribution >= 0.6 is 23.1 Å². The molecule has 96 valence electrons. The van der Waals surface area contributed by atoms with E-state index in [4.69, 9.17) is 0 Å². The zero-order valence-electron chi connectivity index (χ0n) is 10.3. The van der Waals surface area contributed by atoms with Crippen LogP contribution in [0.25, 0.3) is 10.2 Å². The van der Waals surface area contributed by atoms with Gasteiger partial charge >= 0.3 is 0 Å². The second-order valence-electron chi connectivity index (χ2n) is 4.14. The first-order valence-electron chi connectivity index (χ1n) is 6.20. The summed E-state index contributed by atoms with van der Waals surface area (Å²) in [6, 6.07) is 2.13. The number of hydrogen-bond donors (Lipinski definition) is 1. The van der Waals surface area contributed by atoms with E-state index >= 15 is 0 Å². The molecule has 18 heavy (non-hydrogen) atoms. The Kier molecular flexibility index (Phi) is 3.56. The summed E-state index contributed by atoms with van der Waals surface area (Å²) in [7, 11) is 0. The molecule has 0 radical (unpaired) electrons. The minimum atomic E-state index is 0.751. The van der Waals surface area contributed by atoms with E-state index in [0.29, 0.717) is 0 Å². The zero-order chi connectivity index (χ0) is 12.4. The van der Waals surface area contributed by atoms with Crippen molar-refractivity contribution >= 4 is 45.1 Å². The molecule has 4 nitrogen and oxygen atoms in total. The Morgan fingerprint density at radius 1 is 1.33 bits per heavy atom. The molecule has 0 aromatic carbocycles. The maximum atomic E-state index is 4.69. The summed E-state index contributed by atoms with van der Waals surface area (Å²) in [4.78, 5) is 12.7. The van der Waals surface area contributed by atoms with Crippen LogP contribution in [0.3, 0.4) is 0 Å². The SMILES string of the molecule is CCNc1nc(N2CCSCC2)c2ccsc2n1. The largest absolute Gasteiger partial charge is 0.354 e. The summed E-state index contributed by atoms with van der Waals surface area (Å²) in [5.74, 6) is 4.22. The highest BCUT2D eigenvalue weighted by molar-refractivity contribution is 7.99. The van der Waals surface area contributed by atoms with Crippen molar-refractivity contribution in [2.75, 3.05) is 41.4 Å². The van der Waals surface area contributed by atoms with Crippen LogP contribution in [0.5, 0.6) is 0 Å². The third kappa shape index (κ3) is 2.27. The topological polar surface area (TPSA) is 41.1 Å². The Hall–Kier alpha value is -1.01. The molecule has 1 aliphatic rings.